The molecule has 0 aromatic carbocycles. The van der Waals surface area contributed by atoms with E-state index in [0.717, 1.165) is 5.56 Å². The predicted molar refractivity (Wildman–Crippen MR) is 61.6 cm³/mol. The van der Waals surface area contributed by atoms with E-state index in [1.54, 1.807) is 19.2 Å². The van der Waals surface area contributed by atoms with Crippen molar-refractivity contribution in [2.45, 2.75) is 13.1 Å². The fraction of sp³-hybridized carbons (Fsp3) is 0.167. The highest BCUT2D eigenvalue weighted by atomic mass is 19.4. The molecule has 0 bridgehead atoms. The van der Waals surface area contributed by atoms with Gasteiger partial charge >= 0.3 is 6.18 Å². The normalized spacial score (nSPS) is 11.6. The highest BCUT2D eigenvalue weighted by Crippen LogP contribution is 2.33. The van der Waals surface area contributed by atoms with Crippen LogP contribution in [0, 0.1) is 6.92 Å². The number of anilines is 1. The van der Waals surface area contributed by atoms with Crippen LogP contribution in [-0.4, -0.2) is 9.97 Å². The van der Waals surface area contributed by atoms with Gasteiger partial charge in [0.1, 0.15) is 0 Å². The van der Waals surface area contributed by atoms with Gasteiger partial charge in [0.25, 0.3) is 0 Å². The molecule has 0 fully saturated rings. The molecular weight excluding hydrogens is 243 g/mol. The van der Waals surface area contributed by atoms with Gasteiger partial charge in [-0.3, -0.25) is 4.98 Å². The van der Waals surface area contributed by atoms with Crippen molar-refractivity contribution in [3.05, 3.63) is 41.9 Å². The molecule has 0 radical (unpaired) electrons. The Balaban J connectivity index is 2.54. The van der Waals surface area contributed by atoms with Crippen LogP contribution in [0.15, 0.2) is 30.6 Å². The Labute approximate surface area is 101 Å². The SMILES string of the molecule is Cc1cncc(-c2ccc(N)c(C(F)(F)F)n2)c1. The maximum Gasteiger partial charge on any atom is 0.435 e. The van der Waals surface area contributed by atoms with Gasteiger partial charge in [-0.25, -0.2) is 4.98 Å². The van der Waals surface area contributed by atoms with E-state index in [0.29, 0.717) is 5.56 Å². The molecule has 3 nitrogen and oxygen atoms in total. The maximum absolute atomic E-state index is 12.7. The minimum absolute atomic E-state index is 0.202. The van der Waals surface area contributed by atoms with Gasteiger partial charge in [0.2, 0.25) is 0 Å². The first-order chi connectivity index (χ1) is 8.38. The third kappa shape index (κ3) is 2.42. The summed E-state index contributed by atoms with van der Waals surface area (Å²) in [5.41, 5.74) is 5.41. The monoisotopic (exact) mass is 253 g/mol. The lowest BCUT2D eigenvalue weighted by atomic mass is 10.1. The lowest BCUT2D eigenvalue weighted by Crippen LogP contribution is -2.12. The van der Waals surface area contributed by atoms with E-state index in [1.165, 1.54) is 18.3 Å². The number of hydrogen-bond donors (Lipinski definition) is 1. The number of aromatic nitrogens is 2. The highest BCUT2D eigenvalue weighted by Gasteiger charge is 2.35. The second-order valence-electron chi connectivity index (χ2n) is 3.88. The van der Waals surface area contributed by atoms with Crippen LogP contribution in [0.2, 0.25) is 0 Å². The van der Waals surface area contributed by atoms with E-state index in [1.807, 2.05) is 0 Å². The Morgan fingerprint density at radius 2 is 1.89 bits per heavy atom. The standard InChI is InChI=1S/C12H10F3N3/c1-7-4-8(6-17-5-7)10-3-2-9(16)11(18-10)12(13,14)15/h2-6H,16H2,1H3. The molecule has 6 heteroatoms. The van der Waals surface area contributed by atoms with Crippen LogP contribution in [0.4, 0.5) is 18.9 Å². The minimum Gasteiger partial charge on any atom is -0.397 e. The van der Waals surface area contributed by atoms with Gasteiger partial charge in [-0.15, -0.1) is 0 Å². The average Bonchev–Trinajstić information content (AvgIpc) is 2.28. The number of nitrogens with two attached hydrogens (primary N) is 1. The van der Waals surface area contributed by atoms with Gasteiger partial charge in [0.15, 0.2) is 5.69 Å². The Hall–Kier alpha value is -2.11. The number of pyridine rings is 2. The Kier molecular flexibility index (Phi) is 2.94. The number of nitrogen functional groups attached to an aromatic ring is 1. The van der Waals surface area contributed by atoms with Gasteiger partial charge in [-0.1, -0.05) is 0 Å². The van der Waals surface area contributed by atoms with Crippen molar-refractivity contribution in [1.82, 2.24) is 9.97 Å². The lowest BCUT2D eigenvalue weighted by Gasteiger charge is -2.10. The predicted octanol–water partition coefficient (Wildman–Crippen LogP) is 3.05. The number of halogens is 3. The van der Waals surface area contributed by atoms with Crippen LogP contribution in [0.5, 0.6) is 0 Å². The fourth-order valence-corrected chi connectivity index (χ4v) is 1.55. The second kappa shape index (κ2) is 4.29. The Morgan fingerprint density at radius 1 is 1.17 bits per heavy atom. The molecule has 94 valence electrons. The van der Waals surface area contributed by atoms with E-state index in [4.69, 9.17) is 5.73 Å². The molecule has 2 rings (SSSR count). The molecule has 0 amide bonds. The second-order valence-corrected chi connectivity index (χ2v) is 3.88. The molecule has 2 aromatic rings. The van der Waals surface area contributed by atoms with Gasteiger partial charge < -0.3 is 5.73 Å². The third-order valence-electron chi connectivity index (χ3n) is 2.37. The molecule has 0 atom stereocenters. The summed E-state index contributed by atoms with van der Waals surface area (Å²) in [5, 5.41) is 0. The van der Waals surface area contributed by atoms with Gasteiger partial charge in [-0.2, -0.15) is 13.2 Å². The molecule has 2 heterocycles. The average molecular weight is 253 g/mol. The number of aryl methyl sites for hydroxylation is 1. The van der Waals surface area contributed by atoms with Crippen LogP contribution in [0.25, 0.3) is 11.3 Å². The number of nitrogens with zero attached hydrogens (tertiary/aromatic N) is 2. The van der Waals surface area contributed by atoms with Crippen molar-refractivity contribution in [2.24, 2.45) is 0 Å². The molecule has 0 aliphatic rings. The van der Waals surface area contributed by atoms with Crippen LogP contribution in [-0.2, 0) is 6.18 Å². The summed E-state index contributed by atoms with van der Waals surface area (Å²) in [4.78, 5) is 7.49. The van der Waals surface area contributed by atoms with E-state index >= 15 is 0 Å². The van der Waals surface area contributed by atoms with Crippen LogP contribution >= 0.6 is 0 Å². The van der Waals surface area contributed by atoms with E-state index in [9.17, 15) is 13.2 Å². The summed E-state index contributed by atoms with van der Waals surface area (Å²) in [5.74, 6) is 0. The zero-order valence-electron chi connectivity index (χ0n) is 9.49. The maximum atomic E-state index is 12.7. The number of rotatable bonds is 1. The first-order valence-corrected chi connectivity index (χ1v) is 5.13. The van der Waals surface area contributed by atoms with Gasteiger partial charge in [0.05, 0.1) is 11.4 Å². The van der Waals surface area contributed by atoms with Crippen LogP contribution < -0.4 is 5.73 Å². The molecule has 0 saturated carbocycles. The van der Waals surface area contributed by atoms with Crippen molar-refractivity contribution in [3.8, 4) is 11.3 Å². The van der Waals surface area contributed by atoms with Crippen LogP contribution in [0.3, 0.4) is 0 Å². The number of alkyl halides is 3. The summed E-state index contributed by atoms with van der Waals surface area (Å²) in [6.45, 7) is 1.80. The molecule has 0 aliphatic heterocycles. The van der Waals surface area contributed by atoms with Crippen molar-refractivity contribution in [2.75, 3.05) is 5.73 Å². The zero-order chi connectivity index (χ0) is 13.3. The summed E-state index contributed by atoms with van der Waals surface area (Å²) in [7, 11) is 0. The summed E-state index contributed by atoms with van der Waals surface area (Å²) in [6, 6.07) is 4.36. The Morgan fingerprint density at radius 3 is 2.50 bits per heavy atom. The molecule has 2 aromatic heterocycles. The molecule has 0 aliphatic carbocycles. The molecule has 0 unspecified atom stereocenters. The minimum atomic E-state index is -4.56. The van der Waals surface area contributed by atoms with Crippen molar-refractivity contribution >= 4 is 5.69 Å². The van der Waals surface area contributed by atoms with Crippen LogP contribution in [0.1, 0.15) is 11.3 Å². The highest BCUT2D eigenvalue weighted by molar-refractivity contribution is 5.62. The van der Waals surface area contributed by atoms with Crippen molar-refractivity contribution in [1.29, 1.82) is 0 Å². The number of hydrogen-bond acceptors (Lipinski definition) is 3. The summed E-state index contributed by atoms with van der Waals surface area (Å²) < 4.78 is 38.0. The van der Waals surface area contributed by atoms with Gasteiger partial charge in [-0.05, 0) is 30.7 Å². The Bertz CT molecular complexity index is 579. The first kappa shape index (κ1) is 12.3. The third-order valence-corrected chi connectivity index (χ3v) is 2.37. The van der Waals surface area contributed by atoms with Gasteiger partial charge in [0, 0.05) is 18.0 Å². The summed E-state index contributed by atoms with van der Waals surface area (Å²) in [6.07, 6.45) is -1.48. The van der Waals surface area contributed by atoms with E-state index in [-0.39, 0.29) is 11.4 Å². The first-order valence-electron chi connectivity index (χ1n) is 5.13. The van der Waals surface area contributed by atoms with Crippen molar-refractivity contribution < 1.29 is 13.2 Å². The smallest absolute Gasteiger partial charge is 0.397 e. The van der Waals surface area contributed by atoms with Crippen molar-refractivity contribution in [3.63, 3.8) is 0 Å². The quantitative estimate of drug-likeness (QED) is 0.849. The fourth-order valence-electron chi connectivity index (χ4n) is 1.55. The lowest BCUT2D eigenvalue weighted by molar-refractivity contribution is -0.140. The zero-order valence-corrected chi connectivity index (χ0v) is 9.49. The molecule has 2 N–H and O–H groups in total. The summed E-state index contributed by atoms with van der Waals surface area (Å²) >= 11 is 0. The topological polar surface area (TPSA) is 51.8 Å². The molecular formula is C12H10F3N3. The molecule has 0 spiro atoms. The van der Waals surface area contributed by atoms with E-state index in [2.05, 4.69) is 9.97 Å². The molecule has 18 heavy (non-hydrogen) atoms. The largest absolute Gasteiger partial charge is 0.435 e. The van der Waals surface area contributed by atoms with E-state index < -0.39 is 11.9 Å². The molecule has 0 saturated heterocycles.